The summed E-state index contributed by atoms with van der Waals surface area (Å²) in [4.78, 5) is 1.19. The highest BCUT2D eigenvalue weighted by molar-refractivity contribution is 7.98. The van der Waals surface area contributed by atoms with E-state index in [9.17, 15) is 0 Å². The Hall–Kier alpha value is -1.56. The summed E-state index contributed by atoms with van der Waals surface area (Å²) in [6.45, 7) is 5.13. The Bertz CT molecular complexity index is 538. The summed E-state index contributed by atoms with van der Waals surface area (Å²) >= 11 is 1.72. The lowest BCUT2D eigenvalue weighted by atomic mass is 10.2. The van der Waals surface area contributed by atoms with E-state index in [1.807, 2.05) is 22.9 Å². The number of nitrogens with two attached hydrogens (primary N) is 1. The molecule has 5 nitrogen and oxygen atoms in total. The van der Waals surface area contributed by atoms with Crippen LogP contribution in [0, 0.1) is 6.92 Å². The van der Waals surface area contributed by atoms with Crippen molar-refractivity contribution in [1.82, 2.24) is 20.2 Å². The van der Waals surface area contributed by atoms with Crippen LogP contribution in [0.1, 0.15) is 31.2 Å². The van der Waals surface area contributed by atoms with Gasteiger partial charge in [-0.1, -0.05) is 19.4 Å². The Morgan fingerprint density at radius 1 is 1.37 bits per heavy atom. The van der Waals surface area contributed by atoms with Gasteiger partial charge in [0.1, 0.15) is 0 Å². The van der Waals surface area contributed by atoms with E-state index < -0.39 is 0 Å². The van der Waals surface area contributed by atoms with E-state index in [1.54, 1.807) is 11.8 Å². The smallest absolute Gasteiger partial charge is 0.161 e. The Kier molecular flexibility index (Phi) is 4.79. The van der Waals surface area contributed by atoms with Crippen molar-refractivity contribution in [2.24, 2.45) is 0 Å². The number of benzene rings is 1. The lowest BCUT2D eigenvalue weighted by Gasteiger charge is -2.07. The number of rotatable bonds is 6. The van der Waals surface area contributed by atoms with Crippen molar-refractivity contribution in [3.8, 4) is 0 Å². The first-order valence-electron chi connectivity index (χ1n) is 6.44. The molecule has 1 heterocycles. The molecular formula is C13H19N5S. The predicted octanol–water partition coefficient (Wildman–Crippen LogP) is 2.66. The van der Waals surface area contributed by atoms with Crippen LogP contribution in [0.3, 0.4) is 0 Å². The highest BCUT2D eigenvalue weighted by atomic mass is 32.2. The van der Waals surface area contributed by atoms with Crippen LogP contribution in [-0.4, -0.2) is 20.2 Å². The van der Waals surface area contributed by atoms with E-state index in [0.29, 0.717) is 0 Å². The van der Waals surface area contributed by atoms with E-state index in [1.165, 1.54) is 10.5 Å². The van der Waals surface area contributed by atoms with Gasteiger partial charge < -0.3 is 5.73 Å². The fourth-order valence-electron chi connectivity index (χ4n) is 1.72. The Morgan fingerprint density at radius 2 is 2.21 bits per heavy atom. The van der Waals surface area contributed by atoms with Crippen LogP contribution in [0.5, 0.6) is 0 Å². The van der Waals surface area contributed by atoms with Crippen LogP contribution < -0.4 is 5.73 Å². The molecule has 2 aromatic rings. The molecule has 0 spiro atoms. The van der Waals surface area contributed by atoms with Crippen LogP contribution in [-0.2, 0) is 12.3 Å². The van der Waals surface area contributed by atoms with Crippen LogP contribution in [0.2, 0.25) is 0 Å². The molecule has 0 amide bonds. The molecule has 0 aliphatic carbocycles. The Morgan fingerprint density at radius 3 is 3.00 bits per heavy atom. The summed E-state index contributed by atoms with van der Waals surface area (Å²) in [5.74, 6) is 1.68. The van der Waals surface area contributed by atoms with Crippen molar-refractivity contribution < 1.29 is 0 Å². The van der Waals surface area contributed by atoms with E-state index >= 15 is 0 Å². The van der Waals surface area contributed by atoms with Gasteiger partial charge in [0.15, 0.2) is 5.82 Å². The van der Waals surface area contributed by atoms with Crippen molar-refractivity contribution in [1.29, 1.82) is 0 Å². The minimum atomic E-state index is 0.765. The Labute approximate surface area is 117 Å². The number of anilines is 1. The number of hydrogen-bond donors (Lipinski definition) is 1. The second-order valence-electron chi connectivity index (χ2n) is 4.49. The first-order chi connectivity index (χ1) is 9.20. The monoisotopic (exact) mass is 277 g/mol. The van der Waals surface area contributed by atoms with Gasteiger partial charge in [-0.05, 0) is 41.5 Å². The number of unbranched alkanes of at least 4 members (excludes halogenated alkanes) is 1. The zero-order valence-corrected chi connectivity index (χ0v) is 12.2. The fourth-order valence-corrected chi connectivity index (χ4v) is 2.73. The van der Waals surface area contributed by atoms with E-state index in [4.69, 9.17) is 5.73 Å². The summed E-state index contributed by atoms with van der Waals surface area (Å²) in [6, 6.07) is 5.96. The lowest BCUT2D eigenvalue weighted by molar-refractivity contribution is 0.540. The van der Waals surface area contributed by atoms with E-state index in [0.717, 1.165) is 36.7 Å². The van der Waals surface area contributed by atoms with Crippen molar-refractivity contribution in [3.05, 3.63) is 29.6 Å². The molecule has 0 radical (unpaired) electrons. The molecule has 6 heteroatoms. The van der Waals surface area contributed by atoms with Crippen molar-refractivity contribution in [2.75, 3.05) is 5.73 Å². The minimum Gasteiger partial charge on any atom is -0.399 e. The summed E-state index contributed by atoms with van der Waals surface area (Å²) in [7, 11) is 0. The summed E-state index contributed by atoms with van der Waals surface area (Å²) in [6.07, 6.45) is 2.24. The van der Waals surface area contributed by atoms with Gasteiger partial charge in [0, 0.05) is 17.1 Å². The third-order valence-corrected chi connectivity index (χ3v) is 4.05. The average molecular weight is 277 g/mol. The molecule has 0 atom stereocenters. The maximum Gasteiger partial charge on any atom is 0.161 e. The summed E-state index contributed by atoms with van der Waals surface area (Å²) in [5, 5.41) is 11.9. The van der Waals surface area contributed by atoms with Crippen molar-refractivity contribution >= 4 is 17.4 Å². The van der Waals surface area contributed by atoms with Crippen molar-refractivity contribution in [2.45, 2.75) is 43.9 Å². The molecule has 0 unspecified atom stereocenters. The normalized spacial score (nSPS) is 10.8. The SMILES string of the molecule is CCCCn1nnnc1CSc1cc(N)ccc1C. The first kappa shape index (κ1) is 13.9. The highest BCUT2D eigenvalue weighted by Gasteiger charge is 2.07. The third-order valence-electron chi connectivity index (χ3n) is 2.90. The number of aryl methyl sites for hydroxylation is 2. The zero-order valence-electron chi connectivity index (χ0n) is 11.3. The molecular weight excluding hydrogens is 258 g/mol. The number of aromatic nitrogens is 4. The maximum atomic E-state index is 5.81. The molecule has 0 aliphatic heterocycles. The lowest BCUT2D eigenvalue weighted by Crippen LogP contribution is -2.05. The standard InChI is InChI=1S/C13H19N5S/c1-3-4-7-18-13(15-16-17-18)9-19-12-8-11(14)6-5-10(12)2/h5-6,8H,3-4,7,9,14H2,1-2H3. The number of hydrogen-bond acceptors (Lipinski definition) is 5. The molecule has 1 aromatic heterocycles. The molecule has 0 saturated carbocycles. The van der Waals surface area contributed by atoms with Crippen molar-refractivity contribution in [3.63, 3.8) is 0 Å². The zero-order chi connectivity index (χ0) is 13.7. The molecule has 0 aliphatic rings. The first-order valence-corrected chi connectivity index (χ1v) is 7.43. The minimum absolute atomic E-state index is 0.765. The van der Waals surface area contributed by atoms with E-state index in [-0.39, 0.29) is 0 Å². The molecule has 19 heavy (non-hydrogen) atoms. The third kappa shape index (κ3) is 3.70. The van der Waals surface area contributed by atoms with Crippen LogP contribution in [0.25, 0.3) is 0 Å². The molecule has 0 bridgehead atoms. The summed E-state index contributed by atoms with van der Waals surface area (Å²) < 4.78 is 1.89. The largest absolute Gasteiger partial charge is 0.399 e. The number of tetrazole rings is 1. The topological polar surface area (TPSA) is 69.6 Å². The number of thioether (sulfide) groups is 1. The predicted molar refractivity (Wildman–Crippen MR) is 77.9 cm³/mol. The quantitative estimate of drug-likeness (QED) is 0.649. The second kappa shape index (κ2) is 6.56. The molecule has 102 valence electrons. The van der Waals surface area contributed by atoms with Crippen LogP contribution in [0.15, 0.2) is 23.1 Å². The van der Waals surface area contributed by atoms with Gasteiger partial charge in [-0.3, -0.25) is 0 Å². The van der Waals surface area contributed by atoms with Gasteiger partial charge in [-0.15, -0.1) is 16.9 Å². The molecule has 2 rings (SSSR count). The van der Waals surface area contributed by atoms with Gasteiger partial charge >= 0.3 is 0 Å². The van der Waals surface area contributed by atoms with Gasteiger partial charge in [0.05, 0.1) is 5.75 Å². The van der Waals surface area contributed by atoms with Gasteiger partial charge in [-0.25, -0.2) is 4.68 Å². The molecule has 0 fully saturated rings. The van der Waals surface area contributed by atoms with Gasteiger partial charge in [0.2, 0.25) is 0 Å². The van der Waals surface area contributed by atoms with Gasteiger partial charge in [0.25, 0.3) is 0 Å². The highest BCUT2D eigenvalue weighted by Crippen LogP contribution is 2.27. The Balaban J connectivity index is 2.02. The molecule has 0 saturated heterocycles. The summed E-state index contributed by atoms with van der Waals surface area (Å²) in [5.41, 5.74) is 7.83. The molecule has 2 N–H and O–H groups in total. The molecule has 1 aromatic carbocycles. The fraction of sp³-hybridized carbons (Fsp3) is 0.462. The van der Waals surface area contributed by atoms with E-state index in [2.05, 4.69) is 29.4 Å². The average Bonchev–Trinajstić information content (AvgIpc) is 2.85. The number of nitrogen functional groups attached to an aromatic ring is 1. The maximum absolute atomic E-state index is 5.81. The second-order valence-corrected chi connectivity index (χ2v) is 5.50. The van der Waals surface area contributed by atoms with Gasteiger partial charge in [-0.2, -0.15) is 0 Å². The number of nitrogens with zero attached hydrogens (tertiary/aromatic N) is 4. The van der Waals surface area contributed by atoms with Crippen LogP contribution in [0.4, 0.5) is 5.69 Å². The van der Waals surface area contributed by atoms with Crippen LogP contribution >= 0.6 is 11.8 Å².